The molecule has 1 aliphatic heterocycles. The highest BCUT2D eigenvalue weighted by Crippen LogP contribution is 2.39. The molecule has 0 amide bonds. The second kappa shape index (κ2) is 4.40. The van der Waals surface area contributed by atoms with Gasteiger partial charge in [0.05, 0.1) is 0 Å². The molecule has 1 heterocycles. The topological polar surface area (TPSA) is 12.0 Å². The molecule has 0 radical (unpaired) electrons. The van der Waals surface area contributed by atoms with E-state index in [-0.39, 0.29) is 5.41 Å². The van der Waals surface area contributed by atoms with Crippen LogP contribution in [0.3, 0.4) is 0 Å². The van der Waals surface area contributed by atoms with Crippen molar-refractivity contribution >= 4 is 10.8 Å². The Morgan fingerprint density at radius 1 is 1.17 bits per heavy atom. The Hall–Kier alpha value is -1.34. The van der Waals surface area contributed by atoms with Gasteiger partial charge in [-0.25, -0.2) is 0 Å². The number of hydrogen-bond acceptors (Lipinski definition) is 1. The summed E-state index contributed by atoms with van der Waals surface area (Å²) in [5, 5.41) is 6.44. The second-order valence-corrected chi connectivity index (χ2v) is 5.61. The predicted octanol–water partition coefficient (Wildman–Crippen LogP) is 3.87. The van der Waals surface area contributed by atoms with E-state index >= 15 is 0 Å². The lowest BCUT2D eigenvalue weighted by molar-refractivity contribution is 0.395. The van der Waals surface area contributed by atoms with Crippen molar-refractivity contribution in [3.63, 3.8) is 0 Å². The van der Waals surface area contributed by atoms with Crippen molar-refractivity contribution in [1.82, 2.24) is 5.32 Å². The minimum Gasteiger partial charge on any atom is -0.313 e. The quantitative estimate of drug-likeness (QED) is 0.839. The van der Waals surface area contributed by atoms with Crippen LogP contribution in [0.2, 0.25) is 0 Å². The van der Waals surface area contributed by atoms with Crippen molar-refractivity contribution in [1.29, 1.82) is 0 Å². The van der Waals surface area contributed by atoms with Gasteiger partial charge in [-0.1, -0.05) is 56.3 Å². The zero-order valence-electron chi connectivity index (χ0n) is 11.2. The Balaban J connectivity index is 2.19. The van der Waals surface area contributed by atoms with Gasteiger partial charge < -0.3 is 5.32 Å². The average Bonchev–Trinajstić information content (AvgIpc) is 2.80. The van der Waals surface area contributed by atoms with Crippen LogP contribution in [0.4, 0.5) is 0 Å². The average molecular weight is 239 g/mol. The summed E-state index contributed by atoms with van der Waals surface area (Å²) in [5.74, 6) is 0. The molecule has 1 nitrogen and oxygen atoms in total. The lowest BCUT2D eigenvalue weighted by Crippen LogP contribution is -2.37. The first-order valence-electron chi connectivity index (χ1n) is 6.97. The van der Waals surface area contributed by atoms with Gasteiger partial charge >= 0.3 is 0 Å². The normalized spacial score (nSPS) is 27.8. The van der Waals surface area contributed by atoms with Gasteiger partial charge in [-0.15, -0.1) is 0 Å². The smallest absolute Gasteiger partial charge is 0.0159 e. The zero-order valence-corrected chi connectivity index (χ0v) is 11.2. The van der Waals surface area contributed by atoms with Crippen LogP contribution in [0.15, 0.2) is 42.5 Å². The molecule has 1 aliphatic rings. The van der Waals surface area contributed by atoms with Crippen molar-refractivity contribution in [2.75, 3.05) is 6.54 Å². The summed E-state index contributed by atoms with van der Waals surface area (Å²) in [5.41, 5.74) is 1.78. The molecule has 0 aliphatic carbocycles. The van der Waals surface area contributed by atoms with Crippen LogP contribution >= 0.6 is 0 Å². The number of rotatable bonds is 2. The first kappa shape index (κ1) is 11.7. The van der Waals surface area contributed by atoms with Crippen molar-refractivity contribution in [2.45, 2.75) is 38.1 Å². The van der Waals surface area contributed by atoms with Gasteiger partial charge in [0.25, 0.3) is 0 Å². The molecule has 0 bridgehead atoms. The lowest BCUT2D eigenvalue weighted by atomic mass is 9.73. The van der Waals surface area contributed by atoms with Gasteiger partial charge in [0.15, 0.2) is 0 Å². The molecular weight excluding hydrogens is 218 g/mol. The molecule has 2 aromatic carbocycles. The molecular formula is C17H21N. The van der Waals surface area contributed by atoms with Crippen LogP contribution in [0.1, 0.15) is 32.3 Å². The van der Waals surface area contributed by atoms with Crippen molar-refractivity contribution in [3.05, 3.63) is 48.0 Å². The van der Waals surface area contributed by atoms with Crippen LogP contribution < -0.4 is 5.32 Å². The van der Waals surface area contributed by atoms with E-state index in [2.05, 4.69) is 61.6 Å². The van der Waals surface area contributed by atoms with E-state index in [1.807, 2.05) is 0 Å². The Morgan fingerprint density at radius 2 is 1.94 bits per heavy atom. The molecule has 1 fully saturated rings. The highest BCUT2D eigenvalue weighted by Gasteiger charge is 2.39. The Kier molecular flexibility index (Phi) is 2.87. The molecule has 2 atom stereocenters. The first-order chi connectivity index (χ1) is 8.75. The molecule has 0 spiro atoms. The van der Waals surface area contributed by atoms with E-state index in [9.17, 15) is 0 Å². The van der Waals surface area contributed by atoms with Gasteiger partial charge in [-0.3, -0.25) is 0 Å². The summed E-state index contributed by atoms with van der Waals surface area (Å²) in [6, 6.07) is 16.1. The molecule has 94 valence electrons. The van der Waals surface area contributed by atoms with Crippen LogP contribution in [0.25, 0.3) is 10.8 Å². The van der Waals surface area contributed by atoms with E-state index < -0.39 is 0 Å². The zero-order chi connectivity index (χ0) is 12.6. The summed E-state index contributed by atoms with van der Waals surface area (Å²) < 4.78 is 0. The van der Waals surface area contributed by atoms with Gasteiger partial charge in [0, 0.05) is 11.5 Å². The number of hydrogen-bond donors (Lipinski definition) is 1. The van der Waals surface area contributed by atoms with Gasteiger partial charge in [0.2, 0.25) is 0 Å². The largest absolute Gasteiger partial charge is 0.313 e. The molecule has 1 heteroatoms. The maximum Gasteiger partial charge on any atom is 0.0159 e. The molecule has 3 rings (SSSR count). The Bertz CT molecular complexity index is 555. The van der Waals surface area contributed by atoms with E-state index in [0.29, 0.717) is 6.04 Å². The fraction of sp³-hybridized carbons (Fsp3) is 0.412. The second-order valence-electron chi connectivity index (χ2n) is 5.61. The number of nitrogens with one attached hydrogen (secondary N) is 1. The fourth-order valence-corrected chi connectivity index (χ4v) is 3.55. The molecule has 18 heavy (non-hydrogen) atoms. The highest BCUT2D eigenvalue weighted by molar-refractivity contribution is 5.86. The van der Waals surface area contributed by atoms with Crippen molar-refractivity contribution in [2.24, 2.45) is 0 Å². The molecule has 2 unspecified atom stereocenters. The fourth-order valence-electron chi connectivity index (χ4n) is 3.55. The highest BCUT2D eigenvalue weighted by atomic mass is 15.0. The van der Waals surface area contributed by atoms with E-state index in [1.165, 1.54) is 29.2 Å². The minimum absolute atomic E-state index is 0.273. The lowest BCUT2D eigenvalue weighted by Gasteiger charge is -2.32. The minimum atomic E-state index is 0.273. The Morgan fingerprint density at radius 3 is 2.78 bits per heavy atom. The van der Waals surface area contributed by atoms with E-state index in [4.69, 9.17) is 0 Å². The SMILES string of the molecule is CCC1NCCC1(C)c1cccc2ccccc12. The van der Waals surface area contributed by atoms with Gasteiger partial charge in [0.1, 0.15) is 0 Å². The van der Waals surface area contributed by atoms with Crippen LogP contribution in [-0.4, -0.2) is 12.6 Å². The molecule has 2 aromatic rings. The third kappa shape index (κ3) is 1.65. The Labute approximate surface area is 109 Å². The van der Waals surface area contributed by atoms with Crippen molar-refractivity contribution < 1.29 is 0 Å². The summed E-state index contributed by atoms with van der Waals surface area (Å²) in [7, 11) is 0. The van der Waals surface area contributed by atoms with Crippen LogP contribution in [0, 0.1) is 0 Å². The monoisotopic (exact) mass is 239 g/mol. The summed E-state index contributed by atoms with van der Waals surface area (Å²) >= 11 is 0. The van der Waals surface area contributed by atoms with E-state index in [0.717, 1.165) is 6.54 Å². The van der Waals surface area contributed by atoms with E-state index in [1.54, 1.807) is 0 Å². The third-order valence-electron chi connectivity index (χ3n) is 4.62. The summed E-state index contributed by atoms with van der Waals surface area (Å²) in [6.45, 7) is 5.84. The number of fused-ring (bicyclic) bond motifs is 1. The maximum absolute atomic E-state index is 3.66. The molecule has 1 saturated heterocycles. The first-order valence-corrected chi connectivity index (χ1v) is 6.97. The van der Waals surface area contributed by atoms with Crippen molar-refractivity contribution in [3.8, 4) is 0 Å². The predicted molar refractivity (Wildman–Crippen MR) is 78.0 cm³/mol. The third-order valence-corrected chi connectivity index (χ3v) is 4.62. The number of benzene rings is 2. The molecule has 1 N–H and O–H groups in total. The van der Waals surface area contributed by atoms with Gasteiger partial charge in [-0.05, 0) is 35.7 Å². The molecule has 0 saturated carbocycles. The summed E-state index contributed by atoms with van der Waals surface area (Å²) in [4.78, 5) is 0. The molecule has 0 aromatic heterocycles. The standard InChI is InChI=1S/C17H21N/c1-3-16-17(2,11-12-18-16)15-10-6-8-13-7-4-5-9-14(13)15/h4-10,16,18H,3,11-12H2,1-2H3. The maximum atomic E-state index is 3.66. The van der Waals surface area contributed by atoms with Crippen LogP contribution in [0.5, 0.6) is 0 Å². The van der Waals surface area contributed by atoms with Crippen LogP contribution in [-0.2, 0) is 5.41 Å². The van der Waals surface area contributed by atoms with Gasteiger partial charge in [-0.2, -0.15) is 0 Å². The summed E-state index contributed by atoms with van der Waals surface area (Å²) in [6.07, 6.45) is 2.43.